The van der Waals surface area contributed by atoms with Crippen LogP contribution in [0.15, 0.2) is 168 Å². The number of nitro groups is 1. The maximum Gasteiger partial charge on any atom is 0.284 e. The van der Waals surface area contributed by atoms with Crippen LogP contribution in [0.4, 0.5) is 5.69 Å². The molecule has 0 saturated heterocycles. The van der Waals surface area contributed by atoms with Crippen LogP contribution in [-0.4, -0.2) is 4.92 Å². The molecule has 4 nitrogen and oxygen atoms in total. The number of non-ortho nitro benzene ring substituents is 1. The van der Waals surface area contributed by atoms with Gasteiger partial charge in [0.15, 0.2) is 0 Å². The zero-order chi connectivity index (χ0) is 33.3. The van der Waals surface area contributed by atoms with Crippen LogP contribution in [0.1, 0.15) is 0 Å². The van der Waals surface area contributed by atoms with Gasteiger partial charge in [0, 0.05) is 10.8 Å². The Kier molecular flexibility index (Phi) is 6.14. The molecule has 10 rings (SSSR count). The topological polar surface area (TPSA) is 56.3 Å². The summed E-state index contributed by atoms with van der Waals surface area (Å²) in [6.07, 6.45) is 0. The van der Waals surface area contributed by atoms with Crippen molar-refractivity contribution in [2.24, 2.45) is 0 Å². The number of hydrogen-bond donors (Lipinski definition) is 0. The molecule has 0 spiro atoms. The zero-order valence-corrected chi connectivity index (χ0v) is 26.8. The highest BCUT2D eigenvalue weighted by atomic mass is 16.6. The Hall–Kier alpha value is -6.78. The minimum atomic E-state index is -0.254. The van der Waals surface area contributed by atoms with Crippen molar-refractivity contribution in [3.63, 3.8) is 0 Å². The quantitative estimate of drug-likeness (QED) is 0.109. The van der Waals surface area contributed by atoms with Crippen LogP contribution in [0.5, 0.6) is 0 Å². The molecular formula is C46H27NO3. The number of hydrogen-bond acceptors (Lipinski definition) is 3. The van der Waals surface area contributed by atoms with Crippen molar-refractivity contribution >= 4 is 70.7 Å². The Morgan fingerprint density at radius 2 is 0.740 bits per heavy atom. The summed E-state index contributed by atoms with van der Waals surface area (Å²) in [5.74, 6) is 0. The predicted molar refractivity (Wildman–Crippen MR) is 207 cm³/mol. The van der Waals surface area contributed by atoms with Gasteiger partial charge in [-0.05, 0) is 90.0 Å². The normalized spacial score (nSPS) is 11.8. The first-order valence-electron chi connectivity index (χ1n) is 16.7. The van der Waals surface area contributed by atoms with E-state index in [0.717, 1.165) is 65.7 Å². The molecule has 50 heavy (non-hydrogen) atoms. The summed E-state index contributed by atoms with van der Waals surface area (Å²) in [5, 5.41) is 22.1. The van der Waals surface area contributed by atoms with Crippen LogP contribution < -0.4 is 0 Å². The maximum atomic E-state index is 12.5. The van der Waals surface area contributed by atoms with E-state index >= 15 is 0 Å². The Bertz CT molecular complexity index is 2900. The predicted octanol–water partition coefficient (Wildman–Crippen LogP) is 13.1. The van der Waals surface area contributed by atoms with Crippen molar-refractivity contribution in [1.82, 2.24) is 0 Å². The fourth-order valence-corrected chi connectivity index (χ4v) is 8.21. The minimum absolute atomic E-state index is 0.126. The summed E-state index contributed by atoms with van der Waals surface area (Å²) in [6.45, 7) is 0. The maximum absolute atomic E-state index is 12.5. The molecule has 9 aromatic carbocycles. The second-order valence-electron chi connectivity index (χ2n) is 12.7. The van der Waals surface area contributed by atoms with Crippen LogP contribution in [-0.2, 0) is 0 Å². The Morgan fingerprint density at radius 3 is 1.16 bits per heavy atom. The number of fused-ring (bicyclic) bond motifs is 7. The van der Waals surface area contributed by atoms with E-state index in [-0.39, 0.29) is 10.6 Å². The van der Waals surface area contributed by atoms with Gasteiger partial charge in [0.25, 0.3) is 5.69 Å². The lowest BCUT2D eigenvalue weighted by atomic mass is 9.84. The molecule has 1 heterocycles. The zero-order valence-electron chi connectivity index (χ0n) is 26.8. The van der Waals surface area contributed by atoms with Gasteiger partial charge in [0.2, 0.25) is 0 Å². The third-order valence-corrected chi connectivity index (χ3v) is 10.1. The smallest absolute Gasteiger partial charge is 0.284 e. The van der Waals surface area contributed by atoms with Gasteiger partial charge in [-0.25, -0.2) is 0 Å². The molecule has 234 valence electrons. The van der Waals surface area contributed by atoms with Crippen molar-refractivity contribution in [1.29, 1.82) is 0 Å². The van der Waals surface area contributed by atoms with E-state index in [1.807, 2.05) is 66.7 Å². The van der Waals surface area contributed by atoms with Crippen LogP contribution in [0.25, 0.3) is 98.4 Å². The summed E-state index contributed by atoms with van der Waals surface area (Å²) in [7, 11) is 0. The summed E-state index contributed by atoms with van der Waals surface area (Å²) in [6, 6.07) is 55.8. The highest BCUT2D eigenvalue weighted by molar-refractivity contribution is 6.29. The standard InChI is InChI=1S/C46H27NO3/c48-47(49)46-35-22-10-8-20-33(35)43(34-21-9-11-23-36(34)46)38-25-13-27-40-45(38)44-37(24-12-26-39(44)50-40)42-31-18-6-4-16-29(31)41(28-14-2-1-3-15-28)30-17-5-7-19-32(30)42/h1-27H. The SMILES string of the molecule is O=[N+]([O-])c1c2ccccc2c(-c2cccc3oc4cccc(-c5c6ccccc6c(-c6ccccc6)c6ccccc56)c4c23)c2ccccc12. The number of benzene rings is 9. The van der Waals surface area contributed by atoms with Gasteiger partial charge >= 0.3 is 0 Å². The minimum Gasteiger partial charge on any atom is -0.456 e. The van der Waals surface area contributed by atoms with Crippen molar-refractivity contribution in [2.75, 3.05) is 0 Å². The lowest BCUT2D eigenvalue weighted by molar-refractivity contribution is -0.381. The van der Waals surface area contributed by atoms with Crippen LogP contribution in [0.2, 0.25) is 0 Å². The third-order valence-electron chi connectivity index (χ3n) is 10.1. The van der Waals surface area contributed by atoms with Crippen molar-refractivity contribution in [3.05, 3.63) is 174 Å². The average molecular weight is 642 g/mol. The summed E-state index contributed by atoms with van der Waals surface area (Å²) >= 11 is 0. The van der Waals surface area contributed by atoms with Gasteiger partial charge in [-0.3, -0.25) is 10.1 Å². The first-order chi connectivity index (χ1) is 24.7. The Labute approximate surface area is 286 Å². The number of nitrogens with zero attached hydrogens (tertiary/aromatic N) is 1. The van der Waals surface area contributed by atoms with Gasteiger partial charge in [-0.1, -0.05) is 140 Å². The Morgan fingerprint density at radius 1 is 0.380 bits per heavy atom. The average Bonchev–Trinajstić information content (AvgIpc) is 3.56. The summed E-state index contributed by atoms with van der Waals surface area (Å²) in [4.78, 5) is 12.3. The first kappa shape index (κ1) is 28.3. The number of furan rings is 1. The molecule has 0 saturated carbocycles. The summed E-state index contributed by atoms with van der Waals surface area (Å²) in [5.41, 5.74) is 8.25. The third kappa shape index (κ3) is 3.99. The van der Waals surface area contributed by atoms with E-state index in [1.165, 1.54) is 21.9 Å². The van der Waals surface area contributed by atoms with Crippen LogP contribution in [0.3, 0.4) is 0 Å². The molecular weight excluding hydrogens is 615 g/mol. The second kappa shape index (κ2) is 10.9. The van der Waals surface area contributed by atoms with E-state index in [1.54, 1.807) is 0 Å². The molecule has 0 radical (unpaired) electrons. The fraction of sp³-hybridized carbons (Fsp3) is 0. The van der Waals surface area contributed by atoms with E-state index in [9.17, 15) is 10.1 Å². The van der Waals surface area contributed by atoms with Crippen LogP contribution >= 0.6 is 0 Å². The lowest BCUT2D eigenvalue weighted by Crippen LogP contribution is -1.95. The van der Waals surface area contributed by atoms with Gasteiger partial charge in [-0.2, -0.15) is 0 Å². The molecule has 0 aliphatic heterocycles. The lowest BCUT2D eigenvalue weighted by Gasteiger charge is -2.18. The number of rotatable bonds is 4. The molecule has 0 aliphatic carbocycles. The molecule has 0 N–H and O–H groups in total. The first-order valence-corrected chi connectivity index (χ1v) is 16.7. The van der Waals surface area contributed by atoms with Crippen LogP contribution in [0, 0.1) is 10.1 Å². The van der Waals surface area contributed by atoms with E-state index in [2.05, 4.69) is 97.1 Å². The summed E-state index contributed by atoms with van der Waals surface area (Å²) < 4.78 is 6.67. The number of nitro benzene ring substituents is 1. The molecule has 1 aromatic heterocycles. The van der Waals surface area contributed by atoms with Gasteiger partial charge in [0.1, 0.15) is 11.2 Å². The van der Waals surface area contributed by atoms with E-state index < -0.39 is 0 Å². The largest absolute Gasteiger partial charge is 0.456 e. The molecule has 0 bridgehead atoms. The monoisotopic (exact) mass is 641 g/mol. The highest BCUT2D eigenvalue weighted by Crippen LogP contribution is 2.50. The van der Waals surface area contributed by atoms with E-state index in [4.69, 9.17) is 4.42 Å². The highest BCUT2D eigenvalue weighted by Gasteiger charge is 2.26. The molecule has 10 aromatic rings. The molecule has 0 unspecified atom stereocenters. The molecule has 0 atom stereocenters. The van der Waals surface area contributed by atoms with E-state index in [0.29, 0.717) is 10.8 Å². The molecule has 4 heteroatoms. The van der Waals surface area contributed by atoms with Crippen molar-refractivity contribution in [2.45, 2.75) is 0 Å². The van der Waals surface area contributed by atoms with Gasteiger partial charge in [-0.15, -0.1) is 0 Å². The molecule has 0 fully saturated rings. The molecule has 0 amide bonds. The van der Waals surface area contributed by atoms with Crippen molar-refractivity contribution < 1.29 is 9.34 Å². The van der Waals surface area contributed by atoms with Gasteiger partial charge in [0.05, 0.1) is 15.7 Å². The van der Waals surface area contributed by atoms with Gasteiger partial charge < -0.3 is 4.42 Å². The second-order valence-corrected chi connectivity index (χ2v) is 12.7. The fourth-order valence-electron chi connectivity index (χ4n) is 8.21. The van der Waals surface area contributed by atoms with Crippen molar-refractivity contribution in [3.8, 4) is 33.4 Å². The Balaban J connectivity index is 1.38. The molecule has 0 aliphatic rings.